The highest BCUT2D eigenvalue weighted by atomic mass is 16.3. The van der Waals surface area contributed by atoms with E-state index in [0.717, 1.165) is 10.8 Å². The summed E-state index contributed by atoms with van der Waals surface area (Å²) in [5.74, 6) is -0.269. The van der Waals surface area contributed by atoms with Crippen LogP contribution < -0.4 is 0 Å². The predicted octanol–water partition coefficient (Wildman–Crippen LogP) is 3.59. The Morgan fingerprint density at radius 2 is 1.67 bits per heavy atom. The fourth-order valence-electron chi connectivity index (χ4n) is 2.34. The summed E-state index contributed by atoms with van der Waals surface area (Å²) in [5, 5.41) is 11.4. The molecule has 0 aliphatic carbocycles. The van der Waals surface area contributed by atoms with Crippen molar-refractivity contribution in [3.05, 3.63) is 77.4 Å². The number of aldehydes is 1. The second-order valence-corrected chi connectivity index (χ2v) is 4.78. The maximum Gasteiger partial charge on any atom is 0.193 e. The van der Waals surface area contributed by atoms with Crippen molar-refractivity contribution in [3.8, 4) is 5.75 Å². The maximum absolute atomic E-state index is 12.5. The van der Waals surface area contributed by atoms with E-state index in [1.165, 1.54) is 18.2 Å². The lowest BCUT2D eigenvalue weighted by Crippen LogP contribution is -2.05. The molecule has 0 atom stereocenters. The summed E-state index contributed by atoms with van der Waals surface area (Å²) in [7, 11) is 0. The van der Waals surface area contributed by atoms with Gasteiger partial charge >= 0.3 is 0 Å². The third-order valence-corrected chi connectivity index (χ3v) is 3.42. The third kappa shape index (κ3) is 2.41. The van der Waals surface area contributed by atoms with Gasteiger partial charge in [0.2, 0.25) is 0 Å². The topological polar surface area (TPSA) is 54.4 Å². The molecule has 3 rings (SSSR count). The first-order valence-electron chi connectivity index (χ1n) is 6.51. The first-order valence-corrected chi connectivity index (χ1v) is 6.51. The first kappa shape index (κ1) is 13.1. The second kappa shape index (κ2) is 5.21. The van der Waals surface area contributed by atoms with Crippen LogP contribution in [0.2, 0.25) is 0 Å². The molecule has 0 aliphatic heterocycles. The van der Waals surface area contributed by atoms with E-state index >= 15 is 0 Å². The van der Waals surface area contributed by atoms with Crippen molar-refractivity contribution in [2.75, 3.05) is 0 Å². The smallest absolute Gasteiger partial charge is 0.193 e. The number of phenols is 1. The van der Waals surface area contributed by atoms with Crippen LogP contribution in [0.1, 0.15) is 26.3 Å². The molecule has 0 aliphatic rings. The molecule has 0 fully saturated rings. The number of carbonyl (C=O) groups is 2. The largest absolute Gasteiger partial charge is 0.508 e. The molecule has 0 bridgehead atoms. The molecular weight excluding hydrogens is 264 g/mol. The van der Waals surface area contributed by atoms with Crippen LogP contribution in [0.5, 0.6) is 5.75 Å². The molecule has 0 aromatic heterocycles. The molecule has 0 radical (unpaired) electrons. The molecule has 0 unspecified atom stereocenters. The van der Waals surface area contributed by atoms with Crippen molar-refractivity contribution in [2.45, 2.75) is 0 Å². The number of hydrogen-bond donors (Lipinski definition) is 1. The molecule has 0 saturated carbocycles. The van der Waals surface area contributed by atoms with Crippen molar-refractivity contribution < 1.29 is 14.7 Å². The van der Waals surface area contributed by atoms with Gasteiger partial charge < -0.3 is 5.11 Å². The van der Waals surface area contributed by atoms with Crippen molar-refractivity contribution >= 4 is 22.8 Å². The van der Waals surface area contributed by atoms with Crippen LogP contribution >= 0.6 is 0 Å². The van der Waals surface area contributed by atoms with E-state index in [-0.39, 0.29) is 22.7 Å². The lowest BCUT2D eigenvalue weighted by molar-refractivity contribution is 0.102. The van der Waals surface area contributed by atoms with Crippen molar-refractivity contribution in [1.82, 2.24) is 0 Å². The van der Waals surface area contributed by atoms with Crippen molar-refractivity contribution in [2.24, 2.45) is 0 Å². The van der Waals surface area contributed by atoms with Gasteiger partial charge in [0.1, 0.15) is 5.75 Å². The van der Waals surface area contributed by atoms with Gasteiger partial charge in [0.05, 0.1) is 0 Å². The Morgan fingerprint density at radius 3 is 2.43 bits per heavy atom. The van der Waals surface area contributed by atoms with E-state index in [4.69, 9.17) is 0 Å². The lowest BCUT2D eigenvalue weighted by atomic mass is 9.97. The highest BCUT2D eigenvalue weighted by Crippen LogP contribution is 2.21. The molecule has 3 heteroatoms. The quantitative estimate of drug-likeness (QED) is 0.587. The molecule has 1 N–H and O–H groups in total. The summed E-state index contributed by atoms with van der Waals surface area (Å²) in [4.78, 5) is 23.6. The van der Waals surface area contributed by atoms with Gasteiger partial charge in [-0.3, -0.25) is 9.59 Å². The van der Waals surface area contributed by atoms with E-state index in [9.17, 15) is 14.7 Å². The number of aromatic hydroxyl groups is 1. The van der Waals surface area contributed by atoms with Gasteiger partial charge in [-0.25, -0.2) is 0 Å². The van der Waals surface area contributed by atoms with E-state index in [1.54, 1.807) is 12.1 Å². The molecule has 3 nitrogen and oxygen atoms in total. The summed E-state index contributed by atoms with van der Waals surface area (Å²) < 4.78 is 0. The molecular formula is C18H12O3. The minimum absolute atomic E-state index is 0.0350. The number of benzene rings is 3. The normalized spacial score (nSPS) is 10.5. The standard InChI is InChI=1S/C18H12O3/c19-11-15-10-16(20)7-8-17(15)18(21)14-6-5-12-3-1-2-4-13(12)9-14/h1-11,20H. The lowest BCUT2D eigenvalue weighted by Gasteiger charge is -2.06. The van der Waals surface area contributed by atoms with Crippen molar-refractivity contribution in [3.63, 3.8) is 0 Å². The molecule has 102 valence electrons. The van der Waals surface area contributed by atoms with Gasteiger partial charge in [-0.1, -0.05) is 36.4 Å². The molecule has 21 heavy (non-hydrogen) atoms. The Bertz CT molecular complexity index is 850. The average molecular weight is 276 g/mol. The molecule has 3 aromatic carbocycles. The molecule has 0 spiro atoms. The number of fused-ring (bicyclic) bond motifs is 1. The monoisotopic (exact) mass is 276 g/mol. The van der Waals surface area contributed by atoms with E-state index < -0.39 is 0 Å². The Balaban J connectivity index is 2.10. The van der Waals surface area contributed by atoms with E-state index in [1.807, 2.05) is 30.3 Å². The van der Waals surface area contributed by atoms with Crippen molar-refractivity contribution in [1.29, 1.82) is 0 Å². The Hall–Kier alpha value is -2.94. The van der Waals surface area contributed by atoms with Crippen LogP contribution in [0.4, 0.5) is 0 Å². The van der Waals surface area contributed by atoms with Gasteiger partial charge in [0.25, 0.3) is 0 Å². The fourth-order valence-corrected chi connectivity index (χ4v) is 2.34. The number of phenolic OH excluding ortho intramolecular Hbond substituents is 1. The third-order valence-electron chi connectivity index (χ3n) is 3.42. The zero-order valence-corrected chi connectivity index (χ0v) is 11.1. The summed E-state index contributed by atoms with van der Waals surface area (Å²) in [5.41, 5.74) is 0.994. The first-order chi connectivity index (χ1) is 10.2. The van der Waals surface area contributed by atoms with Crippen LogP contribution in [0, 0.1) is 0 Å². The average Bonchev–Trinajstić information content (AvgIpc) is 2.53. The summed E-state index contributed by atoms with van der Waals surface area (Å²) in [6.07, 6.45) is 0.577. The Labute approximate surface area is 121 Å². The van der Waals surface area contributed by atoms with Crippen LogP contribution in [0.15, 0.2) is 60.7 Å². The molecule has 3 aromatic rings. The zero-order chi connectivity index (χ0) is 14.8. The summed E-state index contributed by atoms with van der Waals surface area (Å²) in [6, 6.07) is 17.3. The molecule has 0 saturated heterocycles. The minimum atomic E-state index is -0.233. The van der Waals surface area contributed by atoms with Gasteiger partial charge in [0, 0.05) is 16.7 Å². The number of rotatable bonds is 3. The highest BCUT2D eigenvalue weighted by Gasteiger charge is 2.14. The number of hydrogen-bond acceptors (Lipinski definition) is 3. The number of ketones is 1. The van der Waals surface area contributed by atoms with Gasteiger partial charge in [0.15, 0.2) is 12.1 Å². The van der Waals surface area contributed by atoms with Crippen LogP contribution in [-0.4, -0.2) is 17.2 Å². The summed E-state index contributed by atoms with van der Waals surface area (Å²) in [6.45, 7) is 0. The fraction of sp³-hybridized carbons (Fsp3) is 0. The van der Waals surface area contributed by atoms with Crippen LogP contribution in [0.25, 0.3) is 10.8 Å². The van der Waals surface area contributed by atoms with E-state index in [2.05, 4.69) is 0 Å². The van der Waals surface area contributed by atoms with E-state index in [0.29, 0.717) is 11.8 Å². The van der Waals surface area contributed by atoms with Gasteiger partial charge in [-0.05, 0) is 35.0 Å². The molecule has 0 amide bonds. The number of carbonyl (C=O) groups excluding carboxylic acids is 2. The summed E-state index contributed by atoms with van der Waals surface area (Å²) >= 11 is 0. The minimum Gasteiger partial charge on any atom is -0.508 e. The Kier molecular flexibility index (Phi) is 3.24. The van der Waals surface area contributed by atoms with Crippen LogP contribution in [-0.2, 0) is 0 Å². The SMILES string of the molecule is O=Cc1cc(O)ccc1C(=O)c1ccc2ccccc2c1. The van der Waals surface area contributed by atoms with Crippen LogP contribution in [0.3, 0.4) is 0 Å². The Morgan fingerprint density at radius 1 is 0.905 bits per heavy atom. The zero-order valence-electron chi connectivity index (χ0n) is 11.1. The molecule has 0 heterocycles. The van der Waals surface area contributed by atoms with Gasteiger partial charge in [-0.15, -0.1) is 0 Å². The predicted molar refractivity (Wildman–Crippen MR) is 80.9 cm³/mol. The van der Waals surface area contributed by atoms with Gasteiger partial charge in [-0.2, -0.15) is 0 Å². The second-order valence-electron chi connectivity index (χ2n) is 4.78. The highest BCUT2D eigenvalue weighted by molar-refractivity contribution is 6.14. The maximum atomic E-state index is 12.5.